The van der Waals surface area contributed by atoms with E-state index in [-0.39, 0.29) is 0 Å². The zero-order chi connectivity index (χ0) is 21.6. The van der Waals surface area contributed by atoms with Crippen LogP contribution in [-0.2, 0) is 0 Å². The van der Waals surface area contributed by atoms with E-state index in [1.807, 2.05) is 25.1 Å². The molecule has 2 aromatic heterocycles. The van der Waals surface area contributed by atoms with Gasteiger partial charge in [0.1, 0.15) is 5.75 Å². The van der Waals surface area contributed by atoms with Crippen LogP contribution in [-0.4, -0.2) is 39.7 Å². The smallest absolute Gasteiger partial charge is 0.213 e. The SMILES string of the molecule is Cc1ccnc(OCCCCOc2cc3nn(C4CCC(CO)CC4)cc3cc2Br)c1. The highest BCUT2D eigenvalue weighted by Crippen LogP contribution is 2.34. The van der Waals surface area contributed by atoms with Gasteiger partial charge in [-0.1, -0.05) is 0 Å². The number of aryl methyl sites for hydroxylation is 1. The summed E-state index contributed by atoms with van der Waals surface area (Å²) in [5.41, 5.74) is 2.10. The maximum Gasteiger partial charge on any atom is 0.213 e. The molecule has 1 aromatic carbocycles. The van der Waals surface area contributed by atoms with Gasteiger partial charge in [0.15, 0.2) is 0 Å². The highest BCUT2D eigenvalue weighted by atomic mass is 79.9. The molecule has 7 heteroatoms. The van der Waals surface area contributed by atoms with Crippen molar-refractivity contribution in [2.75, 3.05) is 19.8 Å². The Bertz CT molecular complexity index is 999. The maximum atomic E-state index is 9.35. The summed E-state index contributed by atoms with van der Waals surface area (Å²) in [5, 5.41) is 15.3. The number of hydrogen-bond donors (Lipinski definition) is 1. The minimum absolute atomic E-state index is 0.302. The van der Waals surface area contributed by atoms with Gasteiger partial charge in [-0.05, 0) is 85.0 Å². The van der Waals surface area contributed by atoms with Gasteiger partial charge in [0.2, 0.25) is 5.88 Å². The number of fused-ring (bicyclic) bond motifs is 1. The largest absolute Gasteiger partial charge is 0.492 e. The lowest BCUT2D eigenvalue weighted by Gasteiger charge is -2.27. The molecule has 2 heterocycles. The molecule has 0 radical (unpaired) electrons. The molecule has 1 aliphatic rings. The average Bonchev–Trinajstić information content (AvgIpc) is 3.19. The van der Waals surface area contributed by atoms with Crippen LogP contribution in [0.15, 0.2) is 41.1 Å². The van der Waals surface area contributed by atoms with Crippen molar-refractivity contribution in [3.05, 3.63) is 46.7 Å². The van der Waals surface area contributed by atoms with E-state index in [0.29, 0.717) is 37.7 Å². The van der Waals surface area contributed by atoms with E-state index in [2.05, 4.69) is 37.9 Å². The quantitative estimate of drug-likeness (QED) is 0.405. The number of hydrogen-bond acceptors (Lipinski definition) is 5. The van der Waals surface area contributed by atoms with Gasteiger partial charge < -0.3 is 14.6 Å². The molecule has 1 aliphatic carbocycles. The number of halogens is 1. The molecule has 1 N–H and O–H groups in total. The molecule has 166 valence electrons. The minimum Gasteiger partial charge on any atom is -0.492 e. The number of aliphatic hydroxyl groups excluding tert-OH is 1. The number of unbranched alkanes of at least 4 members (excludes halogenated alkanes) is 1. The number of aliphatic hydroxyl groups is 1. The van der Waals surface area contributed by atoms with E-state index in [9.17, 15) is 5.11 Å². The fourth-order valence-corrected chi connectivity index (χ4v) is 4.56. The van der Waals surface area contributed by atoms with Crippen LogP contribution in [0.1, 0.15) is 50.1 Å². The summed E-state index contributed by atoms with van der Waals surface area (Å²) in [6, 6.07) is 8.42. The van der Waals surface area contributed by atoms with Crippen LogP contribution in [0.2, 0.25) is 0 Å². The molecule has 0 atom stereocenters. The summed E-state index contributed by atoms with van der Waals surface area (Å²) in [7, 11) is 0. The predicted octanol–water partition coefficient (Wildman–Crippen LogP) is 5.46. The first-order valence-electron chi connectivity index (χ1n) is 11.1. The Morgan fingerprint density at radius 3 is 2.61 bits per heavy atom. The van der Waals surface area contributed by atoms with Gasteiger partial charge in [-0.15, -0.1) is 0 Å². The van der Waals surface area contributed by atoms with Crippen LogP contribution >= 0.6 is 15.9 Å². The standard InChI is InChI=1S/C24H30BrN3O3/c1-17-8-9-26-24(12-17)31-11-3-2-10-30-23-14-22-19(13-21(23)25)15-28(27-22)20-6-4-18(16-29)5-7-20/h8-9,12-15,18,20,29H,2-7,10-11,16H2,1H3. The first-order chi connectivity index (χ1) is 15.1. The third-order valence-corrected chi connectivity index (χ3v) is 6.58. The van der Waals surface area contributed by atoms with Crippen LogP contribution in [0.3, 0.4) is 0 Å². The van der Waals surface area contributed by atoms with E-state index < -0.39 is 0 Å². The van der Waals surface area contributed by atoms with Crippen LogP contribution in [0, 0.1) is 12.8 Å². The van der Waals surface area contributed by atoms with Crippen molar-refractivity contribution in [3.63, 3.8) is 0 Å². The summed E-state index contributed by atoms with van der Waals surface area (Å²) in [6.07, 6.45) is 9.98. The van der Waals surface area contributed by atoms with Crippen molar-refractivity contribution in [3.8, 4) is 11.6 Å². The Balaban J connectivity index is 1.27. The number of pyridine rings is 1. The van der Waals surface area contributed by atoms with Gasteiger partial charge in [0.05, 0.1) is 29.2 Å². The van der Waals surface area contributed by atoms with E-state index >= 15 is 0 Å². The third kappa shape index (κ3) is 5.77. The van der Waals surface area contributed by atoms with Gasteiger partial charge in [0, 0.05) is 36.5 Å². The van der Waals surface area contributed by atoms with Gasteiger partial charge in [-0.25, -0.2) is 4.98 Å². The summed E-state index contributed by atoms with van der Waals surface area (Å²) in [4.78, 5) is 4.21. The Labute approximate surface area is 191 Å². The average molecular weight is 488 g/mol. The topological polar surface area (TPSA) is 69.4 Å². The Morgan fingerprint density at radius 1 is 1.10 bits per heavy atom. The van der Waals surface area contributed by atoms with Gasteiger partial charge in [-0.2, -0.15) is 5.10 Å². The van der Waals surface area contributed by atoms with Crippen LogP contribution < -0.4 is 9.47 Å². The van der Waals surface area contributed by atoms with Crippen LogP contribution in [0.5, 0.6) is 11.6 Å². The lowest BCUT2D eigenvalue weighted by atomic mass is 9.87. The highest BCUT2D eigenvalue weighted by Gasteiger charge is 2.22. The number of nitrogens with zero attached hydrogens (tertiary/aromatic N) is 3. The van der Waals surface area contributed by atoms with E-state index in [1.165, 1.54) is 0 Å². The first-order valence-corrected chi connectivity index (χ1v) is 11.9. The maximum absolute atomic E-state index is 9.35. The lowest BCUT2D eigenvalue weighted by molar-refractivity contribution is 0.165. The summed E-state index contributed by atoms with van der Waals surface area (Å²) >= 11 is 3.64. The summed E-state index contributed by atoms with van der Waals surface area (Å²) < 4.78 is 14.7. The molecule has 0 unspecified atom stereocenters. The van der Waals surface area contributed by atoms with Crippen molar-refractivity contribution in [1.82, 2.24) is 14.8 Å². The van der Waals surface area contributed by atoms with Crippen molar-refractivity contribution in [1.29, 1.82) is 0 Å². The molecule has 31 heavy (non-hydrogen) atoms. The predicted molar refractivity (Wildman–Crippen MR) is 125 cm³/mol. The molecule has 3 aromatic rings. The van der Waals surface area contributed by atoms with Gasteiger partial charge in [0.25, 0.3) is 0 Å². The number of benzene rings is 1. The second-order valence-electron chi connectivity index (χ2n) is 8.38. The van der Waals surface area contributed by atoms with Crippen molar-refractivity contribution >= 4 is 26.8 Å². The molecule has 4 rings (SSSR count). The zero-order valence-corrected chi connectivity index (χ0v) is 19.6. The van der Waals surface area contributed by atoms with Crippen molar-refractivity contribution in [2.24, 2.45) is 5.92 Å². The second-order valence-corrected chi connectivity index (χ2v) is 9.24. The number of ether oxygens (including phenoxy) is 2. The molecular formula is C24H30BrN3O3. The molecule has 1 fully saturated rings. The molecule has 0 saturated heterocycles. The summed E-state index contributed by atoms with van der Waals surface area (Å²) in [5.74, 6) is 1.95. The normalized spacial score (nSPS) is 18.9. The van der Waals surface area contributed by atoms with Crippen LogP contribution in [0.25, 0.3) is 10.9 Å². The molecular weight excluding hydrogens is 458 g/mol. The Kier molecular flexibility index (Phi) is 7.45. The Hall–Kier alpha value is -2.12. The minimum atomic E-state index is 0.302. The molecule has 1 saturated carbocycles. The lowest BCUT2D eigenvalue weighted by Crippen LogP contribution is -2.20. The van der Waals surface area contributed by atoms with Crippen LogP contribution in [0.4, 0.5) is 0 Å². The molecule has 0 amide bonds. The number of rotatable bonds is 9. The Morgan fingerprint density at radius 2 is 1.87 bits per heavy atom. The zero-order valence-electron chi connectivity index (χ0n) is 18.0. The van der Waals surface area contributed by atoms with Crippen molar-refractivity contribution < 1.29 is 14.6 Å². The highest BCUT2D eigenvalue weighted by molar-refractivity contribution is 9.10. The molecule has 0 bridgehead atoms. The number of aromatic nitrogens is 3. The van der Waals surface area contributed by atoms with E-state index in [4.69, 9.17) is 14.6 Å². The molecule has 0 aliphatic heterocycles. The molecule has 6 nitrogen and oxygen atoms in total. The monoisotopic (exact) mass is 487 g/mol. The molecule has 0 spiro atoms. The van der Waals surface area contributed by atoms with Gasteiger partial charge >= 0.3 is 0 Å². The first kappa shape index (κ1) is 22.1. The van der Waals surface area contributed by atoms with Crippen molar-refractivity contribution in [2.45, 2.75) is 51.5 Å². The van der Waals surface area contributed by atoms with E-state index in [0.717, 1.165) is 65.2 Å². The third-order valence-electron chi connectivity index (χ3n) is 5.96. The summed E-state index contributed by atoms with van der Waals surface area (Å²) in [6.45, 7) is 3.59. The fourth-order valence-electron chi connectivity index (χ4n) is 4.08. The van der Waals surface area contributed by atoms with E-state index in [1.54, 1.807) is 6.20 Å². The van der Waals surface area contributed by atoms with Gasteiger partial charge in [-0.3, -0.25) is 4.68 Å². The fraction of sp³-hybridized carbons (Fsp3) is 0.500. The second kappa shape index (κ2) is 10.5.